The highest BCUT2D eigenvalue weighted by molar-refractivity contribution is 5.66. The molecule has 3 atom stereocenters. The van der Waals surface area contributed by atoms with Crippen molar-refractivity contribution in [3.63, 3.8) is 0 Å². The molecule has 2 aliphatic rings. The molecule has 2 rings (SSSR count). The van der Waals surface area contributed by atoms with E-state index in [0.717, 1.165) is 25.9 Å². The minimum atomic E-state index is -0.167. The van der Waals surface area contributed by atoms with Crippen LogP contribution in [0.4, 0.5) is 0 Å². The number of rotatable bonds is 1. The van der Waals surface area contributed by atoms with E-state index >= 15 is 0 Å². The predicted molar refractivity (Wildman–Crippen MR) is 42.6 cm³/mol. The molecule has 1 heterocycles. The molecule has 1 saturated heterocycles. The molecule has 0 amide bonds. The molecule has 12 heavy (non-hydrogen) atoms. The van der Waals surface area contributed by atoms with Crippen molar-refractivity contribution in [3.05, 3.63) is 0 Å². The highest BCUT2D eigenvalue weighted by Crippen LogP contribution is 2.37. The SMILES string of the molecule is CC(=O)O[C@H]1C[C@H]2CCO[C@H]2C1. The van der Waals surface area contributed by atoms with Crippen LogP contribution >= 0.6 is 0 Å². The number of carbonyl (C=O) groups excluding carboxylic acids is 1. The van der Waals surface area contributed by atoms with Gasteiger partial charge >= 0.3 is 5.97 Å². The molecule has 2 fully saturated rings. The molecule has 0 aromatic carbocycles. The number of ether oxygens (including phenoxy) is 2. The molecule has 68 valence electrons. The average molecular weight is 170 g/mol. The maximum Gasteiger partial charge on any atom is 0.302 e. The summed E-state index contributed by atoms with van der Waals surface area (Å²) < 4.78 is 10.6. The van der Waals surface area contributed by atoms with Crippen molar-refractivity contribution >= 4 is 5.97 Å². The van der Waals surface area contributed by atoms with Gasteiger partial charge in [0, 0.05) is 20.0 Å². The Morgan fingerprint density at radius 1 is 1.50 bits per heavy atom. The third kappa shape index (κ3) is 1.46. The van der Waals surface area contributed by atoms with E-state index in [-0.39, 0.29) is 12.1 Å². The Kier molecular flexibility index (Phi) is 2.05. The maximum atomic E-state index is 10.7. The van der Waals surface area contributed by atoms with Crippen LogP contribution in [0.5, 0.6) is 0 Å². The van der Waals surface area contributed by atoms with Crippen LogP contribution in [-0.2, 0) is 14.3 Å². The van der Waals surface area contributed by atoms with Gasteiger partial charge in [0.25, 0.3) is 0 Å². The lowest BCUT2D eigenvalue weighted by molar-refractivity contribution is -0.146. The molecule has 0 N–H and O–H groups in total. The van der Waals surface area contributed by atoms with Crippen LogP contribution in [0.25, 0.3) is 0 Å². The fourth-order valence-electron chi connectivity index (χ4n) is 2.25. The summed E-state index contributed by atoms with van der Waals surface area (Å²) in [4.78, 5) is 10.7. The first-order chi connectivity index (χ1) is 5.75. The summed E-state index contributed by atoms with van der Waals surface area (Å²) in [7, 11) is 0. The van der Waals surface area contributed by atoms with Gasteiger partial charge in [-0.1, -0.05) is 0 Å². The van der Waals surface area contributed by atoms with Gasteiger partial charge in [-0.2, -0.15) is 0 Å². The van der Waals surface area contributed by atoms with Crippen LogP contribution in [0.15, 0.2) is 0 Å². The summed E-state index contributed by atoms with van der Waals surface area (Å²) in [5.41, 5.74) is 0. The fraction of sp³-hybridized carbons (Fsp3) is 0.889. The lowest BCUT2D eigenvalue weighted by Gasteiger charge is -2.10. The third-order valence-electron chi connectivity index (χ3n) is 2.74. The number of hydrogen-bond donors (Lipinski definition) is 0. The first-order valence-electron chi connectivity index (χ1n) is 4.54. The first-order valence-corrected chi connectivity index (χ1v) is 4.54. The fourth-order valence-corrected chi connectivity index (χ4v) is 2.25. The van der Waals surface area contributed by atoms with Gasteiger partial charge in [0.2, 0.25) is 0 Å². The van der Waals surface area contributed by atoms with Crippen molar-refractivity contribution in [2.24, 2.45) is 5.92 Å². The second kappa shape index (κ2) is 3.05. The Hall–Kier alpha value is -0.570. The Bertz CT molecular complexity index is 178. The van der Waals surface area contributed by atoms with Gasteiger partial charge in [0.1, 0.15) is 6.10 Å². The van der Waals surface area contributed by atoms with Gasteiger partial charge in [-0.15, -0.1) is 0 Å². The Labute approximate surface area is 72.0 Å². The lowest BCUT2D eigenvalue weighted by Crippen LogP contribution is -2.14. The van der Waals surface area contributed by atoms with E-state index in [0.29, 0.717) is 12.0 Å². The largest absolute Gasteiger partial charge is 0.462 e. The van der Waals surface area contributed by atoms with Crippen molar-refractivity contribution in [2.75, 3.05) is 6.61 Å². The van der Waals surface area contributed by atoms with Crippen LogP contribution in [0.2, 0.25) is 0 Å². The van der Waals surface area contributed by atoms with Gasteiger partial charge in [-0.25, -0.2) is 0 Å². The van der Waals surface area contributed by atoms with Crippen LogP contribution in [0.3, 0.4) is 0 Å². The van der Waals surface area contributed by atoms with E-state index in [1.165, 1.54) is 6.92 Å². The third-order valence-corrected chi connectivity index (χ3v) is 2.74. The number of fused-ring (bicyclic) bond motifs is 1. The molecule has 1 aliphatic heterocycles. The summed E-state index contributed by atoms with van der Waals surface area (Å²) in [6, 6.07) is 0. The molecule has 0 radical (unpaired) electrons. The second-order valence-corrected chi connectivity index (χ2v) is 3.66. The Balaban J connectivity index is 1.86. The van der Waals surface area contributed by atoms with Crippen molar-refractivity contribution in [1.82, 2.24) is 0 Å². The number of carbonyl (C=O) groups is 1. The van der Waals surface area contributed by atoms with Gasteiger partial charge in [0.05, 0.1) is 6.10 Å². The van der Waals surface area contributed by atoms with Gasteiger partial charge in [-0.05, 0) is 18.8 Å². The molecule has 0 aromatic heterocycles. The summed E-state index contributed by atoms with van der Waals surface area (Å²) in [5.74, 6) is 0.481. The zero-order chi connectivity index (χ0) is 8.55. The molecule has 3 heteroatoms. The van der Waals surface area contributed by atoms with Crippen molar-refractivity contribution in [1.29, 1.82) is 0 Å². The van der Waals surface area contributed by atoms with Crippen LogP contribution in [0.1, 0.15) is 26.2 Å². The van der Waals surface area contributed by atoms with E-state index in [2.05, 4.69) is 0 Å². The summed E-state index contributed by atoms with van der Waals surface area (Å²) in [5, 5.41) is 0. The molecule has 0 unspecified atom stereocenters. The first kappa shape index (κ1) is 8.05. The monoisotopic (exact) mass is 170 g/mol. The number of hydrogen-bond acceptors (Lipinski definition) is 3. The zero-order valence-electron chi connectivity index (χ0n) is 7.29. The predicted octanol–water partition coefficient (Wildman–Crippen LogP) is 1.12. The van der Waals surface area contributed by atoms with Gasteiger partial charge in [0.15, 0.2) is 0 Å². The molecular formula is C9H14O3. The topological polar surface area (TPSA) is 35.5 Å². The van der Waals surface area contributed by atoms with Gasteiger partial charge in [-0.3, -0.25) is 4.79 Å². The smallest absolute Gasteiger partial charge is 0.302 e. The maximum absolute atomic E-state index is 10.7. The molecule has 0 spiro atoms. The number of esters is 1. The zero-order valence-corrected chi connectivity index (χ0v) is 7.29. The van der Waals surface area contributed by atoms with E-state index in [1.807, 2.05) is 0 Å². The van der Waals surface area contributed by atoms with Crippen LogP contribution in [0, 0.1) is 5.92 Å². The molecule has 1 saturated carbocycles. The lowest BCUT2D eigenvalue weighted by atomic mass is 10.1. The molecular weight excluding hydrogens is 156 g/mol. The van der Waals surface area contributed by atoms with Crippen molar-refractivity contribution in [2.45, 2.75) is 38.4 Å². The van der Waals surface area contributed by atoms with Crippen molar-refractivity contribution in [3.8, 4) is 0 Å². The highest BCUT2D eigenvalue weighted by Gasteiger charge is 2.39. The summed E-state index contributed by atoms with van der Waals surface area (Å²) in [6.45, 7) is 2.36. The molecule has 3 nitrogen and oxygen atoms in total. The van der Waals surface area contributed by atoms with Crippen LogP contribution in [-0.4, -0.2) is 24.8 Å². The normalized spacial score (nSPS) is 39.6. The minimum absolute atomic E-state index is 0.123. The van der Waals surface area contributed by atoms with Gasteiger partial charge < -0.3 is 9.47 Å². The van der Waals surface area contributed by atoms with E-state index in [1.54, 1.807) is 0 Å². The molecule has 0 aromatic rings. The Morgan fingerprint density at radius 3 is 3.00 bits per heavy atom. The van der Waals surface area contributed by atoms with Crippen LogP contribution < -0.4 is 0 Å². The highest BCUT2D eigenvalue weighted by atomic mass is 16.5. The van der Waals surface area contributed by atoms with E-state index in [4.69, 9.17) is 9.47 Å². The van der Waals surface area contributed by atoms with E-state index < -0.39 is 0 Å². The summed E-state index contributed by atoms with van der Waals surface area (Å²) >= 11 is 0. The Morgan fingerprint density at radius 2 is 2.33 bits per heavy atom. The minimum Gasteiger partial charge on any atom is -0.462 e. The standard InChI is InChI=1S/C9H14O3/c1-6(10)12-8-4-7-2-3-11-9(7)5-8/h7-9H,2-5H2,1H3/t7-,8+,9+/m1/s1. The molecule has 1 aliphatic carbocycles. The van der Waals surface area contributed by atoms with E-state index in [9.17, 15) is 4.79 Å². The summed E-state index contributed by atoms with van der Waals surface area (Å²) in [6.07, 6.45) is 3.55. The molecule has 0 bridgehead atoms. The quantitative estimate of drug-likeness (QED) is 0.553. The van der Waals surface area contributed by atoms with Crippen molar-refractivity contribution < 1.29 is 14.3 Å². The second-order valence-electron chi connectivity index (χ2n) is 3.66. The average Bonchev–Trinajstić information content (AvgIpc) is 2.43.